The Bertz CT molecular complexity index is 1150. The van der Waals surface area contributed by atoms with Crippen molar-refractivity contribution in [3.63, 3.8) is 0 Å². The van der Waals surface area contributed by atoms with E-state index in [2.05, 4.69) is 25.8 Å². The largest absolute Gasteiger partial charge is 0.360 e. The van der Waals surface area contributed by atoms with Crippen LogP contribution in [0.15, 0.2) is 71.3 Å². The van der Waals surface area contributed by atoms with Gasteiger partial charge in [-0.1, -0.05) is 53.7 Å². The van der Waals surface area contributed by atoms with E-state index in [1.165, 1.54) is 0 Å². The molecule has 29 heavy (non-hydrogen) atoms. The lowest BCUT2D eigenvalue weighted by Gasteiger charge is -2.11. The van der Waals surface area contributed by atoms with E-state index in [0.29, 0.717) is 23.2 Å². The van der Waals surface area contributed by atoms with E-state index in [0.717, 1.165) is 16.8 Å². The van der Waals surface area contributed by atoms with Crippen molar-refractivity contribution in [1.82, 2.24) is 15.1 Å². The molecule has 2 aromatic carbocycles. The molecule has 0 aliphatic rings. The van der Waals surface area contributed by atoms with Gasteiger partial charge in [0.2, 0.25) is 0 Å². The third-order valence-electron chi connectivity index (χ3n) is 4.27. The molecular formula is C22H19N5O2. The minimum atomic E-state index is -0.397. The van der Waals surface area contributed by atoms with Crippen molar-refractivity contribution in [2.75, 3.05) is 10.6 Å². The second-order valence-corrected chi connectivity index (χ2v) is 6.54. The quantitative estimate of drug-likeness (QED) is 0.515. The molecule has 7 nitrogen and oxygen atoms in total. The number of nitrogens with zero attached hydrogens (tertiary/aromatic N) is 3. The first-order chi connectivity index (χ1) is 14.1. The summed E-state index contributed by atoms with van der Waals surface area (Å²) >= 11 is 0. The highest BCUT2D eigenvalue weighted by Crippen LogP contribution is 2.23. The highest BCUT2D eigenvalue weighted by Gasteiger charge is 2.15. The zero-order valence-corrected chi connectivity index (χ0v) is 16.0. The van der Waals surface area contributed by atoms with Crippen LogP contribution in [-0.4, -0.2) is 21.0 Å². The van der Waals surface area contributed by atoms with Gasteiger partial charge in [0.1, 0.15) is 17.3 Å². The normalized spacial score (nSPS) is 10.6. The Labute approximate surface area is 167 Å². The maximum atomic E-state index is 12.8. The van der Waals surface area contributed by atoms with Gasteiger partial charge in [0.15, 0.2) is 11.6 Å². The second kappa shape index (κ2) is 7.93. The number of rotatable bonds is 5. The number of aromatic nitrogens is 3. The highest BCUT2D eigenvalue weighted by molar-refractivity contribution is 6.03. The molecule has 1 amide bonds. The van der Waals surface area contributed by atoms with Gasteiger partial charge in [-0.3, -0.25) is 4.79 Å². The van der Waals surface area contributed by atoms with Crippen LogP contribution in [0.5, 0.6) is 0 Å². The van der Waals surface area contributed by atoms with Crippen molar-refractivity contribution in [2.45, 2.75) is 13.8 Å². The lowest BCUT2D eigenvalue weighted by molar-refractivity contribution is 0.102. The van der Waals surface area contributed by atoms with Crippen molar-refractivity contribution in [1.29, 1.82) is 0 Å². The van der Waals surface area contributed by atoms with E-state index in [1.54, 1.807) is 19.1 Å². The SMILES string of the molecule is Cc1cc(NC(=O)c2cc(Nc3ccccc3C)nc(-c3ccccc3)n2)no1. The fraction of sp³-hybridized carbons (Fsp3) is 0.0909. The number of hydrogen-bond acceptors (Lipinski definition) is 6. The third-order valence-corrected chi connectivity index (χ3v) is 4.27. The fourth-order valence-corrected chi connectivity index (χ4v) is 2.80. The zero-order chi connectivity index (χ0) is 20.2. The number of carbonyl (C=O) groups excluding carboxylic acids is 1. The number of anilines is 3. The Morgan fingerprint density at radius 1 is 0.897 bits per heavy atom. The van der Waals surface area contributed by atoms with Crippen LogP contribution in [-0.2, 0) is 0 Å². The van der Waals surface area contributed by atoms with Crippen LogP contribution >= 0.6 is 0 Å². The Hall–Kier alpha value is -4.00. The lowest BCUT2D eigenvalue weighted by atomic mass is 10.2. The number of aryl methyl sites for hydroxylation is 2. The average Bonchev–Trinajstić information content (AvgIpc) is 3.15. The summed E-state index contributed by atoms with van der Waals surface area (Å²) in [5, 5.41) is 9.78. The summed E-state index contributed by atoms with van der Waals surface area (Å²) < 4.78 is 5.00. The maximum Gasteiger partial charge on any atom is 0.275 e. The predicted molar refractivity (Wildman–Crippen MR) is 111 cm³/mol. The number of benzene rings is 2. The molecule has 0 saturated carbocycles. The van der Waals surface area contributed by atoms with Crippen LogP contribution in [0.1, 0.15) is 21.8 Å². The smallest absolute Gasteiger partial charge is 0.275 e. The monoisotopic (exact) mass is 385 g/mol. The molecule has 0 unspecified atom stereocenters. The Kier molecular flexibility index (Phi) is 5.03. The number of hydrogen-bond donors (Lipinski definition) is 2. The molecular weight excluding hydrogens is 366 g/mol. The van der Waals surface area contributed by atoms with Gasteiger partial charge in [-0.25, -0.2) is 9.97 Å². The molecule has 0 bridgehead atoms. The van der Waals surface area contributed by atoms with E-state index >= 15 is 0 Å². The van der Waals surface area contributed by atoms with Crippen LogP contribution in [0, 0.1) is 13.8 Å². The molecule has 4 aromatic rings. The zero-order valence-electron chi connectivity index (χ0n) is 16.0. The molecule has 4 rings (SSSR count). The van der Waals surface area contributed by atoms with Crippen LogP contribution in [0.25, 0.3) is 11.4 Å². The summed E-state index contributed by atoms with van der Waals surface area (Å²) in [4.78, 5) is 21.8. The van der Waals surface area contributed by atoms with E-state index in [1.807, 2.05) is 61.5 Å². The molecule has 7 heteroatoms. The first-order valence-electron chi connectivity index (χ1n) is 9.10. The van der Waals surface area contributed by atoms with Gasteiger partial charge >= 0.3 is 0 Å². The van der Waals surface area contributed by atoms with Crippen molar-refractivity contribution < 1.29 is 9.32 Å². The summed E-state index contributed by atoms with van der Waals surface area (Å²) in [7, 11) is 0. The number of amides is 1. The molecule has 0 atom stereocenters. The summed E-state index contributed by atoms with van der Waals surface area (Å²) in [6.07, 6.45) is 0. The van der Waals surface area contributed by atoms with Gasteiger partial charge < -0.3 is 15.2 Å². The molecule has 0 spiro atoms. The summed E-state index contributed by atoms with van der Waals surface area (Å²) in [6, 6.07) is 20.6. The van der Waals surface area contributed by atoms with Crippen molar-refractivity contribution in [3.8, 4) is 11.4 Å². The standard InChI is InChI=1S/C22H19N5O2/c1-14-8-6-7-11-17(14)23-19-13-18(22(28)26-20-12-15(2)29-27-20)24-21(25-19)16-9-4-3-5-10-16/h3-13H,1-2H3,(H,23,24,25)(H,26,27,28). The third kappa shape index (κ3) is 4.30. The minimum Gasteiger partial charge on any atom is -0.360 e. The Morgan fingerprint density at radius 2 is 1.66 bits per heavy atom. The lowest BCUT2D eigenvalue weighted by Crippen LogP contribution is -2.15. The molecule has 0 fully saturated rings. The maximum absolute atomic E-state index is 12.8. The summed E-state index contributed by atoms with van der Waals surface area (Å²) in [5.41, 5.74) is 3.00. The molecule has 0 aliphatic heterocycles. The van der Waals surface area contributed by atoms with E-state index in [9.17, 15) is 4.79 Å². The van der Waals surface area contributed by atoms with Gasteiger partial charge in [-0.15, -0.1) is 0 Å². The Balaban J connectivity index is 1.71. The number of nitrogens with one attached hydrogen (secondary N) is 2. The number of para-hydroxylation sites is 1. The van der Waals surface area contributed by atoms with Gasteiger partial charge in [0.05, 0.1) is 0 Å². The summed E-state index contributed by atoms with van der Waals surface area (Å²) in [6.45, 7) is 3.76. The first-order valence-corrected chi connectivity index (χ1v) is 9.10. The van der Waals surface area contributed by atoms with Gasteiger partial charge in [0.25, 0.3) is 5.91 Å². The average molecular weight is 385 g/mol. The minimum absolute atomic E-state index is 0.218. The van der Waals surface area contributed by atoms with E-state index in [-0.39, 0.29) is 5.69 Å². The van der Waals surface area contributed by atoms with E-state index < -0.39 is 5.91 Å². The topological polar surface area (TPSA) is 92.9 Å². The summed E-state index contributed by atoms with van der Waals surface area (Å²) in [5.74, 6) is 1.52. The van der Waals surface area contributed by atoms with Gasteiger partial charge in [0, 0.05) is 23.4 Å². The molecule has 0 aliphatic carbocycles. The van der Waals surface area contributed by atoms with Crippen LogP contribution in [0.4, 0.5) is 17.3 Å². The molecule has 0 saturated heterocycles. The molecule has 2 aromatic heterocycles. The van der Waals surface area contributed by atoms with Crippen molar-refractivity contribution >= 4 is 23.2 Å². The second-order valence-electron chi connectivity index (χ2n) is 6.54. The van der Waals surface area contributed by atoms with E-state index in [4.69, 9.17) is 4.52 Å². The Morgan fingerprint density at radius 3 is 2.38 bits per heavy atom. The molecule has 2 N–H and O–H groups in total. The fourth-order valence-electron chi connectivity index (χ4n) is 2.80. The molecule has 144 valence electrons. The van der Waals surface area contributed by atoms with Crippen molar-refractivity contribution in [2.24, 2.45) is 0 Å². The first kappa shape index (κ1) is 18.4. The number of carbonyl (C=O) groups is 1. The molecule has 0 radical (unpaired) electrons. The highest BCUT2D eigenvalue weighted by atomic mass is 16.5. The van der Waals surface area contributed by atoms with Crippen LogP contribution in [0.2, 0.25) is 0 Å². The van der Waals surface area contributed by atoms with Gasteiger partial charge in [-0.05, 0) is 25.5 Å². The van der Waals surface area contributed by atoms with Crippen molar-refractivity contribution in [3.05, 3.63) is 83.7 Å². The predicted octanol–water partition coefficient (Wildman–Crippen LogP) is 4.74. The molecule has 2 heterocycles. The van der Waals surface area contributed by atoms with Gasteiger partial charge in [-0.2, -0.15) is 0 Å². The van der Waals surface area contributed by atoms with Crippen LogP contribution < -0.4 is 10.6 Å². The van der Waals surface area contributed by atoms with Crippen LogP contribution in [0.3, 0.4) is 0 Å².